The van der Waals surface area contributed by atoms with Gasteiger partial charge in [0.2, 0.25) is 0 Å². The molecule has 4 heteroatoms. The largest absolute Gasteiger partial charge is 0.383 e. The second kappa shape index (κ2) is 8.95. The molecule has 0 aliphatic carbocycles. The van der Waals surface area contributed by atoms with Gasteiger partial charge >= 0.3 is 0 Å². The van der Waals surface area contributed by atoms with Gasteiger partial charge in [-0.15, -0.1) is 11.8 Å². The van der Waals surface area contributed by atoms with Gasteiger partial charge in [0.25, 0.3) is 0 Å². The van der Waals surface area contributed by atoms with Crippen LogP contribution in [0.2, 0.25) is 0 Å². The van der Waals surface area contributed by atoms with Gasteiger partial charge in [0.1, 0.15) is 6.10 Å². The fourth-order valence-electron chi connectivity index (χ4n) is 3.83. The molecule has 1 fully saturated rings. The summed E-state index contributed by atoms with van der Waals surface area (Å²) in [5, 5.41) is 9.68. The quantitative estimate of drug-likeness (QED) is 0.618. The first-order valence-electron chi connectivity index (χ1n) is 9.83. The molecular formula is C25H24O3S. The van der Waals surface area contributed by atoms with Crippen LogP contribution in [0.5, 0.6) is 0 Å². The minimum atomic E-state index is -0.988. The summed E-state index contributed by atoms with van der Waals surface area (Å²) in [5.41, 5.74) is 3.55. The highest BCUT2D eigenvalue weighted by Gasteiger charge is 2.38. The van der Waals surface area contributed by atoms with Crippen molar-refractivity contribution in [3.63, 3.8) is 0 Å². The van der Waals surface area contributed by atoms with Gasteiger partial charge in [0.05, 0.1) is 17.5 Å². The number of Topliss-reactive ketones (excluding diaryl/α,β-unsaturated/α-hetero) is 1. The molecule has 1 N–H and O–H groups in total. The summed E-state index contributed by atoms with van der Waals surface area (Å²) < 4.78 is 5.35. The third kappa shape index (κ3) is 4.15. The Morgan fingerprint density at radius 3 is 1.69 bits per heavy atom. The lowest BCUT2D eigenvalue weighted by Crippen LogP contribution is -2.39. The molecule has 1 saturated heterocycles. The van der Waals surface area contributed by atoms with Crippen molar-refractivity contribution < 1.29 is 14.6 Å². The standard InChI is InChI=1S/C25H24O3S/c26-23-16-22(28-17-24(23)27)18-29-25(19-10-4-1-5-11-19,20-12-6-2-7-13-20)21-14-8-3-9-15-21/h1-15,22,24,27H,16-18H2. The molecule has 0 aromatic heterocycles. The van der Waals surface area contributed by atoms with Crippen molar-refractivity contribution >= 4 is 17.5 Å². The summed E-state index contributed by atoms with van der Waals surface area (Å²) in [6, 6.07) is 31.4. The van der Waals surface area contributed by atoms with Gasteiger partial charge in [-0.25, -0.2) is 0 Å². The number of rotatable bonds is 6. The zero-order chi connectivity index (χ0) is 20.1. The lowest BCUT2D eigenvalue weighted by atomic mass is 9.84. The number of ether oxygens (including phenoxy) is 1. The molecule has 4 rings (SSSR count). The number of aliphatic hydroxyl groups is 1. The fraction of sp³-hybridized carbons (Fsp3) is 0.240. The van der Waals surface area contributed by atoms with Crippen LogP contribution in [0.25, 0.3) is 0 Å². The Bertz CT molecular complexity index is 831. The maximum Gasteiger partial charge on any atom is 0.166 e. The van der Waals surface area contributed by atoms with E-state index in [1.165, 1.54) is 16.7 Å². The fourth-order valence-corrected chi connectivity index (χ4v) is 5.39. The lowest BCUT2D eigenvalue weighted by molar-refractivity contribution is -0.141. The van der Waals surface area contributed by atoms with E-state index in [0.29, 0.717) is 5.75 Å². The first-order chi connectivity index (χ1) is 14.2. The van der Waals surface area contributed by atoms with Crippen LogP contribution in [0.1, 0.15) is 23.1 Å². The highest BCUT2D eigenvalue weighted by molar-refractivity contribution is 8.00. The van der Waals surface area contributed by atoms with E-state index in [1.807, 2.05) is 18.2 Å². The highest BCUT2D eigenvalue weighted by atomic mass is 32.2. The molecule has 0 amide bonds. The molecule has 0 spiro atoms. The van der Waals surface area contributed by atoms with Crippen LogP contribution in [0.15, 0.2) is 91.0 Å². The maximum atomic E-state index is 12.0. The Kier molecular flexibility index (Phi) is 6.14. The van der Waals surface area contributed by atoms with Crippen LogP contribution >= 0.6 is 11.8 Å². The third-order valence-corrected chi connectivity index (χ3v) is 7.00. The van der Waals surface area contributed by atoms with Crippen LogP contribution in [-0.2, 0) is 14.3 Å². The molecule has 2 atom stereocenters. The number of hydrogen-bond donors (Lipinski definition) is 1. The molecule has 3 aromatic rings. The number of ketones is 1. The van der Waals surface area contributed by atoms with E-state index in [-0.39, 0.29) is 24.9 Å². The highest BCUT2D eigenvalue weighted by Crippen LogP contribution is 2.48. The molecule has 0 saturated carbocycles. The van der Waals surface area contributed by atoms with Crippen LogP contribution in [-0.4, -0.2) is 35.5 Å². The van der Waals surface area contributed by atoms with Crippen molar-refractivity contribution in [2.45, 2.75) is 23.4 Å². The average Bonchev–Trinajstić information content (AvgIpc) is 2.79. The molecular weight excluding hydrogens is 380 g/mol. The van der Waals surface area contributed by atoms with Crippen LogP contribution < -0.4 is 0 Å². The molecule has 0 radical (unpaired) electrons. The first-order valence-corrected chi connectivity index (χ1v) is 10.8. The molecule has 0 bridgehead atoms. The molecule has 3 nitrogen and oxygen atoms in total. The van der Waals surface area contributed by atoms with Crippen molar-refractivity contribution in [1.29, 1.82) is 0 Å². The molecule has 1 aliphatic heterocycles. The Labute approximate surface area is 175 Å². The maximum absolute atomic E-state index is 12.0. The van der Waals surface area contributed by atoms with E-state index < -0.39 is 10.9 Å². The van der Waals surface area contributed by atoms with Crippen LogP contribution in [0.4, 0.5) is 0 Å². The SMILES string of the molecule is O=C1CC(CSC(c2ccccc2)(c2ccccc2)c2ccccc2)OCC1O. The van der Waals surface area contributed by atoms with Gasteiger partial charge in [-0.3, -0.25) is 4.79 Å². The number of carbonyl (C=O) groups is 1. The minimum Gasteiger partial charge on any atom is -0.383 e. The molecule has 148 valence electrons. The summed E-state index contributed by atoms with van der Waals surface area (Å²) in [4.78, 5) is 12.0. The van der Waals surface area contributed by atoms with Gasteiger partial charge in [-0.05, 0) is 16.7 Å². The summed E-state index contributed by atoms with van der Waals surface area (Å²) in [5.74, 6) is 0.517. The number of hydrogen-bond acceptors (Lipinski definition) is 4. The van der Waals surface area contributed by atoms with E-state index in [1.54, 1.807) is 11.8 Å². The first kappa shape index (κ1) is 19.9. The summed E-state index contributed by atoms with van der Waals surface area (Å²) >= 11 is 1.78. The second-order valence-electron chi connectivity index (χ2n) is 7.23. The Hall–Kier alpha value is -2.40. The number of thioether (sulfide) groups is 1. The second-order valence-corrected chi connectivity index (χ2v) is 8.47. The summed E-state index contributed by atoms with van der Waals surface area (Å²) in [7, 11) is 0. The Morgan fingerprint density at radius 2 is 1.28 bits per heavy atom. The van der Waals surface area contributed by atoms with Crippen molar-refractivity contribution in [2.75, 3.05) is 12.4 Å². The van der Waals surface area contributed by atoms with E-state index >= 15 is 0 Å². The smallest absolute Gasteiger partial charge is 0.166 e. The van der Waals surface area contributed by atoms with Gasteiger partial charge in [-0.2, -0.15) is 0 Å². The van der Waals surface area contributed by atoms with E-state index in [0.717, 1.165) is 0 Å². The predicted octanol–water partition coefficient (Wildman–Crippen LogP) is 4.43. The van der Waals surface area contributed by atoms with Gasteiger partial charge in [-0.1, -0.05) is 91.0 Å². The van der Waals surface area contributed by atoms with Crippen molar-refractivity contribution in [1.82, 2.24) is 0 Å². The zero-order valence-electron chi connectivity index (χ0n) is 16.1. The average molecular weight is 405 g/mol. The minimum absolute atomic E-state index is 0.0824. The normalized spacial score (nSPS) is 19.8. The van der Waals surface area contributed by atoms with E-state index in [2.05, 4.69) is 72.8 Å². The Morgan fingerprint density at radius 1 is 0.828 bits per heavy atom. The molecule has 2 unspecified atom stereocenters. The number of aliphatic hydroxyl groups excluding tert-OH is 1. The predicted molar refractivity (Wildman–Crippen MR) is 117 cm³/mol. The van der Waals surface area contributed by atoms with E-state index in [9.17, 15) is 9.90 Å². The van der Waals surface area contributed by atoms with Crippen LogP contribution in [0.3, 0.4) is 0 Å². The van der Waals surface area contributed by atoms with Gasteiger partial charge in [0, 0.05) is 12.2 Å². The lowest BCUT2D eigenvalue weighted by Gasteiger charge is -2.37. The Balaban J connectivity index is 1.77. The monoisotopic (exact) mass is 404 g/mol. The van der Waals surface area contributed by atoms with Crippen molar-refractivity contribution in [3.05, 3.63) is 108 Å². The number of benzene rings is 3. The molecule has 1 aliphatic rings. The molecule has 3 aromatic carbocycles. The topological polar surface area (TPSA) is 46.5 Å². The van der Waals surface area contributed by atoms with Crippen molar-refractivity contribution in [2.24, 2.45) is 0 Å². The number of carbonyl (C=O) groups excluding carboxylic acids is 1. The zero-order valence-corrected chi connectivity index (χ0v) is 16.9. The van der Waals surface area contributed by atoms with Crippen molar-refractivity contribution in [3.8, 4) is 0 Å². The third-order valence-electron chi connectivity index (χ3n) is 5.32. The summed E-state index contributed by atoms with van der Waals surface area (Å²) in [6.45, 7) is 0.0824. The molecule has 1 heterocycles. The molecule has 29 heavy (non-hydrogen) atoms. The van der Waals surface area contributed by atoms with Crippen LogP contribution in [0, 0.1) is 0 Å². The van der Waals surface area contributed by atoms with Gasteiger partial charge in [0.15, 0.2) is 5.78 Å². The van der Waals surface area contributed by atoms with Gasteiger partial charge < -0.3 is 9.84 Å². The van der Waals surface area contributed by atoms with E-state index in [4.69, 9.17) is 4.74 Å². The summed E-state index contributed by atoms with van der Waals surface area (Å²) in [6.07, 6.45) is -0.937.